The molecule has 1 aromatic heterocycles. The van der Waals surface area contributed by atoms with E-state index in [0.29, 0.717) is 19.1 Å². The van der Waals surface area contributed by atoms with E-state index in [9.17, 15) is 5.11 Å². The highest BCUT2D eigenvalue weighted by Crippen LogP contribution is 2.27. The highest BCUT2D eigenvalue weighted by atomic mass is 35.5. The number of rotatable bonds is 10. The van der Waals surface area contributed by atoms with Gasteiger partial charge in [0.25, 0.3) is 0 Å². The Labute approximate surface area is 185 Å². The molecule has 0 aliphatic rings. The van der Waals surface area contributed by atoms with Crippen molar-refractivity contribution < 1.29 is 14.6 Å². The summed E-state index contributed by atoms with van der Waals surface area (Å²) in [6.07, 6.45) is 2.89. The standard InChI is InChI=1S/C24H32N2O3.ClH/c1-17(2)16-29-23-8-6-5-7-22(23)28-12-11-26-24(3,4)14-18-15-25-21-13-19(27)9-10-20(18)21;/h5-10,13,15,17,25-27H,11-12,14,16H2,1-4H3;1H. The first-order valence-corrected chi connectivity index (χ1v) is 10.2. The van der Waals surface area contributed by atoms with Crippen molar-refractivity contribution in [2.75, 3.05) is 19.8 Å². The summed E-state index contributed by atoms with van der Waals surface area (Å²) in [7, 11) is 0. The molecule has 0 saturated carbocycles. The van der Waals surface area contributed by atoms with Crippen molar-refractivity contribution in [3.8, 4) is 17.2 Å². The van der Waals surface area contributed by atoms with E-state index in [-0.39, 0.29) is 23.7 Å². The van der Waals surface area contributed by atoms with E-state index in [1.54, 1.807) is 12.1 Å². The van der Waals surface area contributed by atoms with Gasteiger partial charge in [-0.05, 0) is 56.0 Å². The number of aromatic hydroxyl groups is 1. The van der Waals surface area contributed by atoms with Crippen LogP contribution in [0.5, 0.6) is 17.2 Å². The van der Waals surface area contributed by atoms with Gasteiger partial charge in [0.05, 0.1) is 6.61 Å². The summed E-state index contributed by atoms with van der Waals surface area (Å²) in [4.78, 5) is 3.24. The summed E-state index contributed by atoms with van der Waals surface area (Å²) >= 11 is 0. The summed E-state index contributed by atoms with van der Waals surface area (Å²) in [5.41, 5.74) is 2.09. The second kappa shape index (κ2) is 10.6. The van der Waals surface area contributed by atoms with Gasteiger partial charge in [-0.2, -0.15) is 0 Å². The first-order valence-electron chi connectivity index (χ1n) is 10.2. The maximum atomic E-state index is 9.63. The Morgan fingerprint density at radius 3 is 2.47 bits per heavy atom. The van der Waals surface area contributed by atoms with Gasteiger partial charge in [0.2, 0.25) is 0 Å². The van der Waals surface area contributed by atoms with Crippen molar-refractivity contribution in [3.63, 3.8) is 0 Å². The number of hydrogen-bond donors (Lipinski definition) is 3. The molecule has 164 valence electrons. The number of nitrogens with one attached hydrogen (secondary N) is 2. The van der Waals surface area contributed by atoms with E-state index in [2.05, 4.69) is 38.0 Å². The van der Waals surface area contributed by atoms with Crippen molar-refractivity contribution in [1.29, 1.82) is 0 Å². The van der Waals surface area contributed by atoms with Crippen LogP contribution in [0.15, 0.2) is 48.7 Å². The molecule has 3 N–H and O–H groups in total. The minimum atomic E-state index is -0.0932. The monoisotopic (exact) mass is 432 g/mol. The maximum absolute atomic E-state index is 9.63. The summed E-state index contributed by atoms with van der Waals surface area (Å²) in [5.74, 6) is 2.32. The fraction of sp³-hybridized carbons (Fsp3) is 0.417. The molecule has 0 atom stereocenters. The lowest BCUT2D eigenvalue weighted by molar-refractivity contribution is 0.238. The lowest BCUT2D eigenvalue weighted by atomic mass is 9.94. The van der Waals surface area contributed by atoms with Crippen molar-refractivity contribution in [1.82, 2.24) is 10.3 Å². The third-order valence-corrected chi connectivity index (χ3v) is 4.77. The van der Waals surface area contributed by atoms with Gasteiger partial charge in [-0.3, -0.25) is 0 Å². The van der Waals surface area contributed by atoms with Gasteiger partial charge < -0.3 is 24.9 Å². The number of ether oxygens (including phenoxy) is 2. The van der Waals surface area contributed by atoms with Gasteiger partial charge in [-0.1, -0.05) is 26.0 Å². The largest absolute Gasteiger partial charge is 0.508 e. The Morgan fingerprint density at radius 2 is 1.77 bits per heavy atom. The number of aromatic nitrogens is 1. The summed E-state index contributed by atoms with van der Waals surface area (Å²) in [5, 5.41) is 14.4. The topological polar surface area (TPSA) is 66.5 Å². The number of phenolic OH excluding ortho intramolecular Hbond substituents is 1. The fourth-order valence-corrected chi connectivity index (χ4v) is 3.35. The molecule has 0 fully saturated rings. The molecular formula is C24H33ClN2O3. The lowest BCUT2D eigenvalue weighted by Gasteiger charge is -2.26. The minimum absolute atomic E-state index is 0. The first kappa shape index (κ1) is 23.9. The van der Waals surface area contributed by atoms with Crippen LogP contribution in [-0.4, -0.2) is 35.4 Å². The molecule has 0 bridgehead atoms. The van der Waals surface area contributed by atoms with Crippen LogP contribution in [0, 0.1) is 5.92 Å². The smallest absolute Gasteiger partial charge is 0.161 e. The van der Waals surface area contributed by atoms with Crippen LogP contribution >= 0.6 is 12.4 Å². The SMILES string of the molecule is CC(C)COc1ccccc1OCCNC(C)(C)Cc1c[nH]c2cc(O)ccc12.Cl. The Kier molecular flexibility index (Phi) is 8.44. The number of phenols is 1. The highest BCUT2D eigenvalue weighted by Gasteiger charge is 2.19. The zero-order valence-corrected chi connectivity index (χ0v) is 19.0. The molecular weight excluding hydrogens is 400 g/mol. The molecule has 3 rings (SSSR count). The number of fused-ring (bicyclic) bond motifs is 1. The average Bonchev–Trinajstić information content (AvgIpc) is 3.05. The molecule has 2 aromatic carbocycles. The van der Waals surface area contributed by atoms with Crippen LogP contribution in [0.2, 0.25) is 0 Å². The molecule has 0 amide bonds. The normalized spacial score (nSPS) is 11.5. The van der Waals surface area contributed by atoms with Crippen LogP contribution in [0.3, 0.4) is 0 Å². The number of halogens is 1. The Bertz CT molecular complexity index is 937. The summed E-state index contributed by atoms with van der Waals surface area (Å²) < 4.78 is 11.8. The Hall–Kier alpha value is -2.37. The molecule has 30 heavy (non-hydrogen) atoms. The second-order valence-electron chi connectivity index (χ2n) is 8.53. The number of para-hydroxylation sites is 2. The molecule has 6 heteroatoms. The average molecular weight is 433 g/mol. The second-order valence-corrected chi connectivity index (χ2v) is 8.53. The van der Waals surface area contributed by atoms with E-state index in [1.807, 2.05) is 36.5 Å². The summed E-state index contributed by atoms with van der Waals surface area (Å²) in [6.45, 7) is 10.6. The van der Waals surface area contributed by atoms with Crippen LogP contribution in [0.25, 0.3) is 10.9 Å². The van der Waals surface area contributed by atoms with Crippen LogP contribution in [0.4, 0.5) is 0 Å². The molecule has 3 aromatic rings. The zero-order valence-electron chi connectivity index (χ0n) is 18.2. The zero-order chi connectivity index (χ0) is 20.9. The predicted molar refractivity (Wildman–Crippen MR) is 125 cm³/mol. The van der Waals surface area contributed by atoms with Gasteiger partial charge in [0.15, 0.2) is 11.5 Å². The van der Waals surface area contributed by atoms with Crippen LogP contribution in [0.1, 0.15) is 33.3 Å². The number of H-pyrrole nitrogens is 1. The molecule has 0 unspecified atom stereocenters. The third kappa shape index (κ3) is 6.57. The number of aromatic amines is 1. The van der Waals surface area contributed by atoms with Crippen molar-refractivity contribution in [3.05, 3.63) is 54.2 Å². The van der Waals surface area contributed by atoms with E-state index in [0.717, 1.165) is 35.4 Å². The minimum Gasteiger partial charge on any atom is -0.508 e. The van der Waals surface area contributed by atoms with Gasteiger partial charge in [0, 0.05) is 35.2 Å². The van der Waals surface area contributed by atoms with Gasteiger partial charge >= 0.3 is 0 Å². The number of benzene rings is 2. The Morgan fingerprint density at radius 1 is 1.07 bits per heavy atom. The van der Waals surface area contributed by atoms with Crippen molar-refractivity contribution >= 4 is 23.3 Å². The molecule has 0 spiro atoms. The Balaban J connectivity index is 0.00000320. The van der Waals surface area contributed by atoms with Gasteiger partial charge in [-0.15, -0.1) is 12.4 Å². The van der Waals surface area contributed by atoms with E-state index in [4.69, 9.17) is 9.47 Å². The van der Waals surface area contributed by atoms with Crippen molar-refractivity contribution in [2.45, 2.75) is 39.7 Å². The lowest BCUT2D eigenvalue weighted by Crippen LogP contribution is -2.43. The predicted octanol–water partition coefficient (Wildman–Crippen LogP) is 5.32. The van der Waals surface area contributed by atoms with Gasteiger partial charge in [-0.25, -0.2) is 0 Å². The quantitative estimate of drug-likeness (QED) is 0.379. The van der Waals surface area contributed by atoms with E-state index in [1.165, 1.54) is 5.56 Å². The fourth-order valence-electron chi connectivity index (χ4n) is 3.35. The number of hydrogen-bond acceptors (Lipinski definition) is 4. The molecule has 1 heterocycles. The van der Waals surface area contributed by atoms with Crippen molar-refractivity contribution in [2.24, 2.45) is 5.92 Å². The van der Waals surface area contributed by atoms with Gasteiger partial charge in [0.1, 0.15) is 12.4 Å². The van der Waals surface area contributed by atoms with Crippen LogP contribution < -0.4 is 14.8 Å². The summed E-state index contributed by atoms with van der Waals surface area (Å²) in [6, 6.07) is 13.3. The maximum Gasteiger partial charge on any atom is 0.161 e. The molecule has 0 saturated heterocycles. The molecule has 0 radical (unpaired) electrons. The molecule has 5 nitrogen and oxygen atoms in total. The highest BCUT2D eigenvalue weighted by molar-refractivity contribution is 5.85. The molecule has 0 aliphatic heterocycles. The van der Waals surface area contributed by atoms with E-state index < -0.39 is 0 Å². The molecule has 0 aliphatic carbocycles. The van der Waals surface area contributed by atoms with E-state index >= 15 is 0 Å². The van der Waals surface area contributed by atoms with Crippen LogP contribution in [-0.2, 0) is 6.42 Å². The third-order valence-electron chi connectivity index (χ3n) is 4.77. The first-order chi connectivity index (χ1) is 13.8.